The Hall–Kier alpha value is -3.26. The molecule has 3 aromatic rings. The van der Waals surface area contributed by atoms with Crippen molar-refractivity contribution in [2.75, 3.05) is 4.90 Å². The maximum atomic E-state index is 14.1. The number of amides is 1. The van der Waals surface area contributed by atoms with E-state index in [0.29, 0.717) is 11.3 Å². The third kappa shape index (κ3) is 4.72. The van der Waals surface area contributed by atoms with Crippen LogP contribution in [-0.4, -0.2) is 11.0 Å². The molecule has 0 aliphatic rings. The fraction of sp³-hybridized carbons (Fsp3) is 0.0500. The lowest BCUT2D eigenvalue weighted by molar-refractivity contribution is -0.384. The molecule has 1 radical (unpaired) electrons. The van der Waals surface area contributed by atoms with E-state index >= 15 is 0 Å². The van der Waals surface area contributed by atoms with Gasteiger partial charge in [-0.15, -0.1) is 0 Å². The highest BCUT2D eigenvalue weighted by Gasteiger charge is 2.21. The molecule has 0 aliphatic heterocycles. The molecule has 141 valence electrons. The van der Waals surface area contributed by atoms with Gasteiger partial charge in [-0.05, 0) is 42.5 Å². The first kappa shape index (κ1) is 19.5. The van der Waals surface area contributed by atoms with Gasteiger partial charge in [0.15, 0.2) is 0 Å². The first-order valence-electron chi connectivity index (χ1n) is 8.08. The fourth-order valence-corrected chi connectivity index (χ4v) is 2.83. The second-order valence-electron chi connectivity index (χ2n) is 5.70. The zero-order valence-electron chi connectivity index (χ0n) is 14.3. The summed E-state index contributed by atoms with van der Waals surface area (Å²) in [5.41, 5.74) is 0.666. The Labute approximate surface area is 168 Å². The number of halogens is 2. The highest BCUT2D eigenvalue weighted by atomic mass is 79.9. The average Bonchev–Trinajstić information content (AvgIpc) is 2.67. The topological polar surface area (TPSA) is 72.7 Å². The minimum Gasteiger partial charge on any atom is -0.410 e. The summed E-state index contributed by atoms with van der Waals surface area (Å²) in [6.07, 6.45) is -0.751. The molecule has 0 N–H and O–H groups in total. The lowest BCUT2D eigenvalue weighted by atomic mass is 10.2. The van der Waals surface area contributed by atoms with Crippen molar-refractivity contribution in [2.24, 2.45) is 0 Å². The van der Waals surface area contributed by atoms with Gasteiger partial charge in [0.2, 0.25) is 0 Å². The first-order chi connectivity index (χ1) is 13.4. The number of hydrogen-bond acceptors (Lipinski definition) is 4. The highest BCUT2D eigenvalue weighted by molar-refractivity contribution is 9.10. The maximum Gasteiger partial charge on any atom is 0.420 e. The van der Waals surface area contributed by atoms with Crippen LogP contribution in [0.25, 0.3) is 0 Å². The van der Waals surface area contributed by atoms with Crippen LogP contribution in [0.5, 0.6) is 5.75 Å². The van der Waals surface area contributed by atoms with Gasteiger partial charge in [0.25, 0.3) is 5.69 Å². The van der Waals surface area contributed by atoms with Crippen LogP contribution in [0.1, 0.15) is 5.56 Å². The van der Waals surface area contributed by atoms with E-state index in [1.807, 2.05) is 0 Å². The largest absolute Gasteiger partial charge is 0.420 e. The monoisotopic (exact) mass is 443 g/mol. The third-order valence-electron chi connectivity index (χ3n) is 3.82. The van der Waals surface area contributed by atoms with E-state index in [-0.39, 0.29) is 18.0 Å². The molecule has 3 aromatic carbocycles. The fourth-order valence-electron chi connectivity index (χ4n) is 2.44. The van der Waals surface area contributed by atoms with Gasteiger partial charge in [0.05, 0.1) is 11.5 Å². The van der Waals surface area contributed by atoms with E-state index < -0.39 is 16.8 Å². The first-order valence-corrected chi connectivity index (χ1v) is 8.87. The molecule has 0 heterocycles. The molecule has 0 bridgehead atoms. The van der Waals surface area contributed by atoms with Gasteiger partial charge in [0.1, 0.15) is 11.6 Å². The lowest BCUT2D eigenvalue weighted by Crippen LogP contribution is -2.33. The van der Waals surface area contributed by atoms with Gasteiger partial charge < -0.3 is 4.74 Å². The zero-order valence-corrected chi connectivity index (χ0v) is 15.9. The van der Waals surface area contributed by atoms with Crippen molar-refractivity contribution in [1.29, 1.82) is 0 Å². The number of rotatable bonds is 5. The average molecular weight is 444 g/mol. The van der Waals surface area contributed by atoms with Crippen LogP contribution in [0.4, 0.5) is 20.6 Å². The Morgan fingerprint density at radius 3 is 2.61 bits per heavy atom. The minimum absolute atomic E-state index is 0.0667. The van der Waals surface area contributed by atoms with Crippen molar-refractivity contribution in [1.82, 2.24) is 0 Å². The number of nitro groups is 1. The van der Waals surface area contributed by atoms with Crippen LogP contribution in [0.3, 0.4) is 0 Å². The number of nitrogens with zero attached hydrogens (tertiary/aromatic N) is 2. The van der Waals surface area contributed by atoms with Gasteiger partial charge in [-0.25, -0.2) is 9.18 Å². The van der Waals surface area contributed by atoms with Crippen LogP contribution >= 0.6 is 15.9 Å². The van der Waals surface area contributed by atoms with Crippen LogP contribution < -0.4 is 9.64 Å². The van der Waals surface area contributed by atoms with E-state index in [1.54, 1.807) is 30.3 Å². The second-order valence-corrected chi connectivity index (χ2v) is 6.62. The van der Waals surface area contributed by atoms with Gasteiger partial charge in [-0.1, -0.05) is 34.1 Å². The Morgan fingerprint density at radius 1 is 1.21 bits per heavy atom. The summed E-state index contributed by atoms with van der Waals surface area (Å²) in [4.78, 5) is 24.2. The molecular formula is C20H13BrFN2O4. The van der Waals surface area contributed by atoms with Crippen molar-refractivity contribution < 1.29 is 18.8 Å². The van der Waals surface area contributed by atoms with Crippen molar-refractivity contribution in [3.05, 3.63) is 98.8 Å². The summed E-state index contributed by atoms with van der Waals surface area (Å²) >= 11 is 3.35. The molecule has 6 nitrogen and oxygen atoms in total. The Morgan fingerprint density at radius 2 is 1.96 bits per heavy atom. The van der Waals surface area contributed by atoms with Gasteiger partial charge >= 0.3 is 6.09 Å². The summed E-state index contributed by atoms with van der Waals surface area (Å²) in [5, 5.41) is 10.7. The van der Waals surface area contributed by atoms with E-state index in [4.69, 9.17) is 4.74 Å². The minimum atomic E-state index is -0.751. The van der Waals surface area contributed by atoms with Crippen molar-refractivity contribution in [3.8, 4) is 5.75 Å². The Balaban J connectivity index is 1.88. The number of non-ortho nitro benzene ring substituents is 1. The van der Waals surface area contributed by atoms with Crippen molar-refractivity contribution in [2.45, 2.75) is 6.54 Å². The molecule has 1 amide bonds. The maximum absolute atomic E-state index is 14.1. The molecular weight excluding hydrogens is 431 g/mol. The van der Waals surface area contributed by atoms with Gasteiger partial charge in [-0.2, -0.15) is 0 Å². The summed E-state index contributed by atoms with van der Waals surface area (Å²) in [6, 6.07) is 18.9. The molecule has 28 heavy (non-hydrogen) atoms. The molecule has 0 atom stereocenters. The van der Waals surface area contributed by atoms with E-state index in [0.717, 1.165) is 4.47 Å². The number of carbonyl (C=O) groups excluding carboxylic acids is 1. The van der Waals surface area contributed by atoms with E-state index in [2.05, 4.69) is 22.0 Å². The van der Waals surface area contributed by atoms with Gasteiger partial charge in [-0.3, -0.25) is 15.0 Å². The molecule has 0 saturated heterocycles. The van der Waals surface area contributed by atoms with Gasteiger partial charge in [0, 0.05) is 27.9 Å². The standard InChI is InChI=1S/C20H13BrFN2O4/c21-15-5-3-6-17(12-15)23(13-14-4-1-2-7-19(14)22)20(25)28-18-10-8-16(9-11-18)24(26)27/h1,3-12H,13H2. The summed E-state index contributed by atoms with van der Waals surface area (Å²) in [7, 11) is 0. The zero-order chi connectivity index (χ0) is 20.1. The molecule has 0 fully saturated rings. The molecule has 0 spiro atoms. The predicted octanol–water partition coefficient (Wildman–Crippen LogP) is 5.50. The summed E-state index contributed by atoms with van der Waals surface area (Å²) in [5.74, 6) is -0.358. The number of ether oxygens (including phenoxy) is 1. The predicted molar refractivity (Wildman–Crippen MR) is 105 cm³/mol. The smallest absolute Gasteiger partial charge is 0.410 e. The molecule has 3 rings (SSSR count). The second kappa shape index (κ2) is 8.62. The number of benzene rings is 3. The van der Waals surface area contributed by atoms with Crippen LogP contribution in [0, 0.1) is 22.0 Å². The number of hydrogen-bond donors (Lipinski definition) is 0. The summed E-state index contributed by atoms with van der Waals surface area (Å²) in [6.45, 7) is -0.0667. The number of carbonyl (C=O) groups is 1. The highest BCUT2D eigenvalue weighted by Crippen LogP contribution is 2.25. The molecule has 0 aromatic heterocycles. The SMILES string of the molecule is O=C(Oc1ccc([N+](=O)[O-])cc1)N(Cc1cc[c]cc1F)c1cccc(Br)c1. The van der Waals surface area contributed by atoms with Crippen molar-refractivity contribution in [3.63, 3.8) is 0 Å². The number of anilines is 1. The van der Waals surface area contributed by atoms with Crippen LogP contribution in [0.2, 0.25) is 0 Å². The van der Waals surface area contributed by atoms with E-state index in [9.17, 15) is 19.3 Å². The molecule has 0 aliphatic carbocycles. The van der Waals surface area contributed by atoms with Crippen LogP contribution in [-0.2, 0) is 6.54 Å². The molecule has 0 unspecified atom stereocenters. The quantitative estimate of drug-likeness (QED) is 0.385. The molecule has 0 saturated carbocycles. The number of nitro benzene ring substituents is 1. The Kier molecular flexibility index (Phi) is 6.00. The normalized spacial score (nSPS) is 10.4. The Bertz CT molecular complexity index is 1010. The van der Waals surface area contributed by atoms with Crippen molar-refractivity contribution >= 4 is 33.4 Å². The third-order valence-corrected chi connectivity index (χ3v) is 4.31. The summed E-state index contributed by atoms with van der Waals surface area (Å²) < 4.78 is 20.1. The van der Waals surface area contributed by atoms with E-state index in [1.165, 1.54) is 41.3 Å². The lowest BCUT2D eigenvalue weighted by Gasteiger charge is -2.22. The molecule has 8 heteroatoms. The van der Waals surface area contributed by atoms with Crippen LogP contribution in [0.15, 0.2) is 71.2 Å².